The zero-order valence-electron chi connectivity index (χ0n) is 11.6. The van der Waals surface area contributed by atoms with Crippen LogP contribution >= 0.6 is 0 Å². The normalized spacial score (nSPS) is 26.4. The van der Waals surface area contributed by atoms with Crippen molar-refractivity contribution in [2.45, 2.75) is 64.2 Å². The highest BCUT2D eigenvalue weighted by atomic mass is 16.5. The number of hydrogen-bond acceptors (Lipinski definition) is 4. The molecule has 0 spiro atoms. The van der Waals surface area contributed by atoms with Crippen molar-refractivity contribution in [2.24, 2.45) is 0 Å². The molecule has 1 fully saturated rings. The van der Waals surface area contributed by atoms with E-state index >= 15 is 0 Å². The smallest absolute Gasteiger partial charge is 0.331 e. The van der Waals surface area contributed by atoms with Crippen molar-refractivity contribution in [3.63, 3.8) is 0 Å². The number of methoxy groups -OCH3 is 1. The third-order valence-corrected chi connectivity index (χ3v) is 3.31. The van der Waals surface area contributed by atoms with Gasteiger partial charge in [0.15, 0.2) is 0 Å². The standard InChI is InChI=1S/C13H23NO4/c1-5-8-13(3,12(16)17-4)14-11(15)10-7-6-9(2)18-10/h9-10H,5-8H2,1-4H3,(H,14,15). The van der Waals surface area contributed by atoms with Crippen LogP contribution in [0.4, 0.5) is 0 Å². The highest BCUT2D eigenvalue weighted by molar-refractivity contribution is 5.89. The van der Waals surface area contributed by atoms with E-state index in [1.54, 1.807) is 6.92 Å². The molecule has 104 valence electrons. The van der Waals surface area contributed by atoms with Crippen LogP contribution in [0.5, 0.6) is 0 Å². The van der Waals surface area contributed by atoms with Gasteiger partial charge in [0, 0.05) is 0 Å². The zero-order chi connectivity index (χ0) is 13.8. The Balaban J connectivity index is 2.66. The van der Waals surface area contributed by atoms with Crippen LogP contribution in [-0.2, 0) is 19.1 Å². The van der Waals surface area contributed by atoms with Gasteiger partial charge in [-0.1, -0.05) is 13.3 Å². The van der Waals surface area contributed by atoms with E-state index in [4.69, 9.17) is 9.47 Å². The fourth-order valence-electron chi connectivity index (χ4n) is 2.29. The molecule has 18 heavy (non-hydrogen) atoms. The van der Waals surface area contributed by atoms with Gasteiger partial charge >= 0.3 is 5.97 Å². The van der Waals surface area contributed by atoms with Crippen LogP contribution in [0, 0.1) is 0 Å². The molecule has 0 bridgehead atoms. The maximum Gasteiger partial charge on any atom is 0.331 e. The molecular formula is C13H23NO4. The van der Waals surface area contributed by atoms with Gasteiger partial charge in [0.25, 0.3) is 0 Å². The topological polar surface area (TPSA) is 64.6 Å². The van der Waals surface area contributed by atoms with Gasteiger partial charge in [0.05, 0.1) is 13.2 Å². The maximum absolute atomic E-state index is 12.1. The minimum absolute atomic E-state index is 0.108. The summed E-state index contributed by atoms with van der Waals surface area (Å²) in [6.07, 6.45) is 2.58. The minimum atomic E-state index is -0.963. The molecule has 0 saturated carbocycles. The lowest BCUT2D eigenvalue weighted by molar-refractivity contribution is -0.152. The summed E-state index contributed by atoms with van der Waals surface area (Å²) >= 11 is 0. The molecule has 1 aliphatic heterocycles. The highest BCUT2D eigenvalue weighted by Crippen LogP contribution is 2.21. The molecule has 1 amide bonds. The predicted octanol–water partition coefficient (Wildman–Crippen LogP) is 1.40. The number of esters is 1. The van der Waals surface area contributed by atoms with E-state index < -0.39 is 17.6 Å². The van der Waals surface area contributed by atoms with Gasteiger partial charge in [-0.05, 0) is 33.1 Å². The average molecular weight is 257 g/mol. The van der Waals surface area contributed by atoms with Gasteiger partial charge in [-0.25, -0.2) is 4.79 Å². The van der Waals surface area contributed by atoms with Crippen LogP contribution in [0.3, 0.4) is 0 Å². The van der Waals surface area contributed by atoms with E-state index in [-0.39, 0.29) is 12.0 Å². The summed E-state index contributed by atoms with van der Waals surface area (Å²) in [5, 5.41) is 2.77. The molecule has 3 unspecified atom stereocenters. The number of ether oxygens (including phenoxy) is 2. The van der Waals surface area contributed by atoms with Crippen molar-refractivity contribution >= 4 is 11.9 Å². The van der Waals surface area contributed by atoms with Gasteiger partial charge < -0.3 is 14.8 Å². The first kappa shape index (κ1) is 15.0. The first-order chi connectivity index (χ1) is 8.42. The summed E-state index contributed by atoms with van der Waals surface area (Å²) in [7, 11) is 1.33. The van der Waals surface area contributed by atoms with Crippen LogP contribution < -0.4 is 5.32 Å². The van der Waals surface area contributed by atoms with Crippen molar-refractivity contribution in [1.29, 1.82) is 0 Å². The summed E-state index contributed by atoms with van der Waals surface area (Å²) < 4.78 is 10.3. The molecule has 0 aromatic carbocycles. The Kier molecular flexibility index (Phi) is 5.14. The zero-order valence-corrected chi connectivity index (χ0v) is 11.6. The summed E-state index contributed by atoms with van der Waals surface area (Å²) in [6, 6.07) is 0. The van der Waals surface area contributed by atoms with Crippen molar-refractivity contribution in [3.8, 4) is 0 Å². The number of amides is 1. The Morgan fingerprint density at radius 3 is 2.56 bits per heavy atom. The summed E-state index contributed by atoms with van der Waals surface area (Å²) in [4.78, 5) is 23.8. The van der Waals surface area contributed by atoms with Gasteiger partial charge in [-0.2, -0.15) is 0 Å². The van der Waals surface area contributed by atoms with Crippen molar-refractivity contribution in [1.82, 2.24) is 5.32 Å². The molecule has 1 heterocycles. The average Bonchev–Trinajstić information content (AvgIpc) is 2.75. The Morgan fingerprint density at radius 1 is 1.44 bits per heavy atom. The maximum atomic E-state index is 12.1. The highest BCUT2D eigenvalue weighted by Gasteiger charge is 2.38. The van der Waals surface area contributed by atoms with Gasteiger partial charge in [0.1, 0.15) is 11.6 Å². The third-order valence-electron chi connectivity index (χ3n) is 3.31. The van der Waals surface area contributed by atoms with Crippen molar-refractivity contribution in [3.05, 3.63) is 0 Å². The van der Waals surface area contributed by atoms with E-state index in [1.165, 1.54) is 7.11 Å². The Morgan fingerprint density at radius 2 is 2.11 bits per heavy atom. The summed E-state index contributed by atoms with van der Waals surface area (Å²) in [5.74, 6) is -0.635. The Bertz CT molecular complexity index is 318. The van der Waals surface area contributed by atoms with E-state index in [0.29, 0.717) is 12.8 Å². The van der Waals surface area contributed by atoms with Gasteiger partial charge in [-0.3, -0.25) is 4.79 Å². The molecule has 1 saturated heterocycles. The number of rotatable bonds is 5. The molecule has 5 nitrogen and oxygen atoms in total. The molecule has 1 N–H and O–H groups in total. The second-order valence-electron chi connectivity index (χ2n) is 5.08. The largest absolute Gasteiger partial charge is 0.467 e. The van der Waals surface area contributed by atoms with Crippen LogP contribution in [0.25, 0.3) is 0 Å². The Labute approximate surface area is 108 Å². The van der Waals surface area contributed by atoms with E-state index in [9.17, 15) is 9.59 Å². The summed E-state index contributed by atoms with van der Waals surface area (Å²) in [6.45, 7) is 5.60. The molecule has 1 rings (SSSR count). The van der Waals surface area contributed by atoms with Crippen molar-refractivity contribution < 1.29 is 19.1 Å². The second-order valence-corrected chi connectivity index (χ2v) is 5.08. The van der Waals surface area contributed by atoms with E-state index in [0.717, 1.165) is 12.8 Å². The molecular weight excluding hydrogens is 234 g/mol. The lowest BCUT2D eigenvalue weighted by Gasteiger charge is -2.28. The monoisotopic (exact) mass is 257 g/mol. The third kappa shape index (κ3) is 3.45. The number of hydrogen-bond donors (Lipinski definition) is 1. The summed E-state index contributed by atoms with van der Waals surface area (Å²) in [5.41, 5.74) is -0.963. The molecule has 0 aromatic heterocycles. The minimum Gasteiger partial charge on any atom is -0.467 e. The quantitative estimate of drug-likeness (QED) is 0.756. The number of carbonyl (C=O) groups is 2. The molecule has 0 radical (unpaired) electrons. The number of nitrogens with one attached hydrogen (secondary N) is 1. The number of carbonyl (C=O) groups excluding carboxylic acids is 2. The fourth-order valence-corrected chi connectivity index (χ4v) is 2.29. The predicted molar refractivity (Wildman–Crippen MR) is 67.0 cm³/mol. The van der Waals surface area contributed by atoms with Gasteiger partial charge in [0.2, 0.25) is 5.91 Å². The van der Waals surface area contributed by atoms with Crippen LogP contribution in [0.15, 0.2) is 0 Å². The molecule has 1 aliphatic rings. The SMILES string of the molecule is CCCC(C)(NC(=O)C1CCC(C)O1)C(=O)OC. The van der Waals surface area contributed by atoms with E-state index in [2.05, 4.69) is 5.32 Å². The molecule has 0 aliphatic carbocycles. The lowest BCUT2D eigenvalue weighted by Crippen LogP contribution is -2.55. The molecule has 0 aromatic rings. The second kappa shape index (κ2) is 6.18. The van der Waals surface area contributed by atoms with Crippen molar-refractivity contribution in [2.75, 3.05) is 7.11 Å². The van der Waals surface area contributed by atoms with Crippen LogP contribution in [0.2, 0.25) is 0 Å². The lowest BCUT2D eigenvalue weighted by atomic mass is 9.95. The Hall–Kier alpha value is -1.10. The van der Waals surface area contributed by atoms with Crippen LogP contribution in [-0.4, -0.2) is 36.7 Å². The van der Waals surface area contributed by atoms with E-state index in [1.807, 2.05) is 13.8 Å². The first-order valence-electron chi connectivity index (χ1n) is 6.49. The first-order valence-corrected chi connectivity index (χ1v) is 6.49. The fraction of sp³-hybridized carbons (Fsp3) is 0.846. The van der Waals surface area contributed by atoms with Gasteiger partial charge in [-0.15, -0.1) is 0 Å². The molecule has 5 heteroatoms. The molecule has 3 atom stereocenters. The van der Waals surface area contributed by atoms with Crippen LogP contribution in [0.1, 0.15) is 46.5 Å².